The molecule has 2 saturated heterocycles. The molecule has 4 rings (SSSR count). The minimum absolute atomic E-state index is 0.306. The van der Waals surface area contributed by atoms with E-state index >= 15 is 0 Å². The molecule has 5 heteroatoms. The van der Waals surface area contributed by atoms with Crippen molar-refractivity contribution in [2.75, 3.05) is 26.7 Å². The molecular weight excluding hydrogens is 350 g/mol. The third kappa shape index (κ3) is 4.53. The monoisotopic (exact) mass is 379 g/mol. The molecule has 0 radical (unpaired) electrons. The Morgan fingerprint density at radius 1 is 1.04 bits per heavy atom. The first-order valence-corrected chi connectivity index (χ1v) is 10.2. The third-order valence-electron chi connectivity index (χ3n) is 6.20. The lowest BCUT2D eigenvalue weighted by Gasteiger charge is -2.37. The highest BCUT2D eigenvalue weighted by Crippen LogP contribution is 2.33. The molecule has 2 fully saturated rings. The van der Waals surface area contributed by atoms with Gasteiger partial charge in [-0.05, 0) is 60.5 Å². The molecule has 0 saturated carbocycles. The number of ether oxygens (including phenoxy) is 1. The summed E-state index contributed by atoms with van der Waals surface area (Å²) in [7, 11) is 1.70. The number of fused-ring (bicyclic) bond motifs is 1. The van der Waals surface area contributed by atoms with E-state index in [1.54, 1.807) is 13.3 Å². The summed E-state index contributed by atoms with van der Waals surface area (Å²) in [5.74, 6) is 2.34. The fourth-order valence-corrected chi connectivity index (χ4v) is 4.56. The van der Waals surface area contributed by atoms with Gasteiger partial charge in [-0.1, -0.05) is 18.2 Å². The summed E-state index contributed by atoms with van der Waals surface area (Å²) in [6.45, 7) is 4.67. The van der Waals surface area contributed by atoms with Gasteiger partial charge < -0.3 is 9.64 Å². The molecule has 2 atom stereocenters. The number of hydrogen-bond donors (Lipinski definition) is 0. The lowest BCUT2D eigenvalue weighted by Crippen LogP contribution is -2.40. The van der Waals surface area contributed by atoms with Crippen LogP contribution in [0, 0.1) is 11.8 Å². The minimum atomic E-state index is 0.306. The second-order valence-corrected chi connectivity index (χ2v) is 8.06. The standard InChI is InChI=1S/C23H29N3O2/c1-28-22-6-4-18(5-7-22)15-25-11-8-20-13-23(27)26(12-9-21(20)17-25)16-19-3-2-10-24-14-19/h2-7,10,14,20-21H,8-9,11-13,15-17H2,1H3. The molecule has 2 aliphatic rings. The molecule has 0 spiro atoms. The first-order valence-electron chi connectivity index (χ1n) is 10.2. The van der Waals surface area contributed by atoms with Gasteiger partial charge in [0.05, 0.1) is 7.11 Å². The van der Waals surface area contributed by atoms with Crippen molar-refractivity contribution < 1.29 is 9.53 Å². The van der Waals surface area contributed by atoms with E-state index in [1.807, 2.05) is 29.3 Å². The van der Waals surface area contributed by atoms with Crippen molar-refractivity contribution in [3.63, 3.8) is 0 Å². The normalized spacial score (nSPS) is 23.2. The maximum absolute atomic E-state index is 12.8. The lowest BCUT2D eigenvalue weighted by atomic mass is 9.82. The van der Waals surface area contributed by atoms with Crippen LogP contribution in [-0.4, -0.2) is 47.4 Å². The van der Waals surface area contributed by atoms with E-state index in [0.29, 0.717) is 30.7 Å². The summed E-state index contributed by atoms with van der Waals surface area (Å²) in [6.07, 6.45) is 6.55. The Labute approximate surface area is 167 Å². The summed E-state index contributed by atoms with van der Waals surface area (Å²) in [6, 6.07) is 12.4. The highest BCUT2D eigenvalue weighted by atomic mass is 16.5. The van der Waals surface area contributed by atoms with Crippen LogP contribution in [0.5, 0.6) is 5.75 Å². The predicted molar refractivity (Wildman–Crippen MR) is 109 cm³/mol. The van der Waals surface area contributed by atoms with Gasteiger partial charge in [0.2, 0.25) is 5.91 Å². The zero-order valence-electron chi connectivity index (χ0n) is 16.6. The summed E-state index contributed by atoms with van der Waals surface area (Å²) in [5.41, 5.74) is 2.43. The molecule has 0 N–H and O–H groups in total. The van der Waals surface area contributed by atoms with E-state index < -0.39 is 0 Å². The van der Waals surface area contributed by atoms with E-state index in [4.69, 9.17) is 4.74 Å². The Balaban J connectivity index is 1.35. The number of methoxy groups -OCH3 is 1. The molecular formula is C23H29N3O2. The SMILES string of the molecule is COc1ccc(CN2CCC3CC(=O)N(Cc4cccnc4)CCC3C2)cc1. The highest BCUT2D eigenvalue weighted by Gasteiger charge is 2.34. The van der Waals surface area contributed by atoms with Crippen molar-refractivity contribution in [2.24, 2.45) is 11.8 Å². The molecule has 0 bridgehead atoms. The zero-order valence-corrected chi connectivity index (χ0v) is 16.6. The largest absolute Gasteiger partial charge is 0.497 e. The molecule has 2 aromatic rings. The molecule has 5 nitrogen and oxygen atoms in total. The summed E-state index contributed by atoms with van der Waals surface area (Å²) < 4.78 is 5.25. The Hall–Kier alpha value is -2.40. The molecule has 28 heavy (non-hydrogen) atoms. The van der Waals surface area contributed by atoms with Crippen LogP contribution >= 0.6 is 0 Å². The van der Waals surface area contributed by atoms with Crippen LogP contribution < -0.4 is 4.74 Å². The fourth-order valence-electron chi connectivity index (χ4n) is 4.56. The van der Waals surface area contributed by atoms with Gasteiger partial charge in [-0.25, -0.2) is 0 Å². The van der Waals surface area contributed by atoms with E-state index in [1.165, 1.54) is 5.56 Å². The van der Waals surface area contributed by atoms with Crippen molar-refractivity contribution in [3.05, 3.63) is 59.9 Å². The summed E-state index contributed by atoms with van der Waals surface area (Å²) in [4.78, 5) is 21.5. The maximum Gasteiger partial charge on any atom is 0.223 e. The van der Waals surface area contributed by atoms with Crippen molar-refractivity contribution >= 4 is 5.91 Å². The first-order chi connectivity index (χ1) is 13.7. The van der Waals surface area contributed by atoms with E-state index in [-0.39, 0.29) is 0 Å². The number of rotatable bonds is 5. The van der Waals surface area contributed by atoms with Crippen LogP contribution in [0.3, 0.4) is 0 Å². The van der Waals surface area contributed by atoms with E-state index in [9.17, 15) is 4.79 Å². The van der Waals surface area contributed by atoms with Crippen molar-refractivity contribution in [1.29, 1.82) is 0 Å². The van der Waals surface area contributed by atoms with Crippen LogP contribution in [0.1, 0.15) is 30.4 Å². The highest BCUT2D eigenvalue weighted by molar-refractivity contribution is 5.76. The Bertz CT molecular complexity index is 778. The quantitative estimate of drug-likeness (QED) is 0.799. The Morgan fingerprint density at radius 2 is 1.86 bits per heavy atom. The molecule has 148 valence electrons. The number of hydrogen-bond acceptors (Lipinski definition) is 4. The number of piperidine rings is 1. The number of carbonyl (C=O) groups is 1. The number of aromatic nitrogens is 1. The van der Waals surface area contributed by atoms with Crippen molar-refractivity contribution in [2.45, 2.75) is 32.4 Å². The van der Waals surface area contributed by atoms with Gasteiger partial charge in [-0.15, -0.1) is 0 Å². The second kappa shape index (κ2) is 8.74. The van der Waals surface area contributed by atoms with Gasteiger partial charge in [0.15, 0.2) is 0 Å². The Kier molecular flexibility index (Phi) is 5.91. The minimum Gasteiger partial charge on any atom is -0.497 e. The van der Waals surface area contributed by atoms with Gasteiger partial charge in [0, 0.05) is 45.0 Å². The van der Waals surface area contributed by atoms with Crippen LogP contribution in [0.15, 0.2) is 48.8 Å². The number of likely N-dealkylation sites (tertiary alicyclic amines) is 2. The van der Waals surface area contributed by atoms with Crippen LogP contribution in [-0.2, 0) is 17.9 Å². The molecule has 2 unspecified atom stereocenters. The molecule has 1 aromatic carbocycles. The average Bonchev–Trinajstić information content (AvgIpc) is 2.88. The lowest BCUT2D eigenvalue weighted by molar-refractivity contribution is -0.132. The van der Waals surface area contributed by atoms with E-state index in [0.717, 1.165) is 50.3 Å². The van der Waals surface area contributed by atoms with Gasteiger partial charge >= 0.3 is 0 Å². The van der Waals surface area contributed by atoms with Crippen LogP contribution in [0.2, 0.25) is 0 Å². The topological polar surface area (TPSA) is 45.7 Å². The summed E-state index contributed by atoms with van der Waals surface area (Å²) >= 11 is 0. The molecule has 1 aromatic heterocycles. The number of nitrogens with zero attached hydrogens (tertiary/aromatic N) is 3. The number of amides is 1. The number of carbonyl (C=O) groups excluding carboxylic acids is 1. The molecule has 2 aliphatic heterocycles. The van der Waals surface area contributed by atoms with E-state index in [2.05, 4.69) is 28.1 Å². The smallest absolute Gasteiger partial charge is 0.223 e. The van der Waals surface area contributed by atoms with Crippen LogP contribution in [0.4, 0.5) is 0 Å². The zero-order chi connectivity index (χ0) is 19.3. The predicted octanol–water partition coefficient (Wildman–Crippen LogP) is 3.35. The fraction of sp³-hybridized carbons (Fsp3) is 0.478. The average molecular weight is 380 g/mol. The number of pyridine rings is 1. The molecule has 1 amide bonds. The molecule has 0 aliphatic carbocycles. The van der Waals surface area contributed by atoms with Gasteiger partial charge in [0.25, 0.3) is 0 Å². The van der Waals surface area contributed by atoms with Gasteiger partial charge in [-0.2, -0.15) is 0 Å². The number of benzene rings is 1. The molecule has 3 heterocycles. The Morgan fingerprint density at radius 3 is 2.61 bits per heavy atom. The second-order valence-electron chi connectivity index (χ2n) is 8.06. The van der Waals surface area contributed by atoms with Crippen LogP contribution in [0.25, 0.3) is 0 Å². The third-order valence-corrected chi connectivity index (χ3v) is 6.20. The van der Waals surface area contributed by atoms with Crippen molar-refractivity contribution in [3.8, 4) is 5.75 Å². The van der Waals surface area contributed by atoms with Crippen molar-refractivity contribution in [1.82, 2.24) is 14.8 Å². The first kappa shape index (κ1) is 18.9. The van der Waals surface area contributed by atoms with Gasteiger partial charge in [-0.3, -0.25) is 14.7 Å². The summed E-state index contributed by atoms with van der Waals surface area (Å²) in [5, 5.41) is 0. The maximum atomic E-state index is 12.8. The van der Waals surface area contributed by atoms with Gasteiger partial charge in [0.1, 0.15) is 5.75 Å².